The molecule has 0 aromatic carbocycles. The fourth-order valence-electron chi connectivity index (χ4n) is 1.31. The third kappa shape index (κ3) is 2.22. The van der Waals surface area contributed by atoms with Crippen molar-refractivity contribution in [2.24, 2.45) is 0 Å². The third-order valence-electron chi connectivity index (χ3n) is 2.13. The third-order valence-corrected chi connectivity index (χ3v) is 2.13. The number of nitrogens with one attached hydrogen (secondary N) is 3. The van der Waals surface area contributed by atoms with Crippen LogP contribution in [0.15, 0.2) is 24.7 Å². The van der Waals surface area contributed by atoms with Crippen LogP contribution in [0.3, 0.4) is 0 Å². The molecule has 1 amide bonds. The number of pyridine rings is 1. The Hall–Kier alpha value is -2.44. The van der Waals surface area contributed by atoms with Crippen molar-refractivity contribution < 1.29 is 9.18 Å². The molecule has 2 aromatic heterocycles. The number of hydrogen-bond donors (Lipinski definition) is 3. The van der Waals surface area contributed by atoms with Crippen LogP contribution >= 0.6 is 0 Å². The van der Waals surface area contributed by atoms with Crippen molar-refractivity contribution in [3.8, 4) is 0 Å². The molecular weight excluding hydrogens is 225 g/mol. The molecule has 0 aliphatic heterocycles. The molecule has 0 spiro atoms. The summed E-state index contributed by atoms with van der Waals surface area (Å²) < 4.78 is 13.7. The van der Waals surface area contributed by atoms with Gasteiger partial charge in [-0.25, -0.2) is 9.37 Å². The zero-order chi connectivity index (χ0) is 12.3. The molecule has 0 fully saturated rings. The molecule has 2 rings (SSSR count). The molecule has 2 heterocycles. The predicted octanol–water partition coefficient (Wildman–Crippen LogP) is 1.24. The topological polar surface area (TPSA) is 82.7 Å². The van der Waals surface area contributed by atoms with E-state index < -0.39 is 11.7 Å². The summed E-state index contributed by atoms with van der Waals surface area (Å²) in [5.74, 6) is -1.20. The van der Waals surface area contributed by atoms with Gasteiger partial charge in [0, 0.05) is 19.4 Å². The van der Waals surface area contributed by atoms with E-state index in [-0.39, 0.29) is 11.4 Å². The van der Waals surface area contributed by atoms with E-state index in [1.54, 1.807) is 0 Å². The first kappa shape index (κ1) is 11.1. The predicted molar refractivity (Wildman–Crippen MR) is 60.3 cm³/mol. The van der Waals surface area contributed by atoms with Gasteiger partial charge < -0.3 is 10.6 Å². The molecule has 17 heavy (non-hydrogen) atoms. The van der Waals surface area contributed by atoms with Crippen LogP contribution < -0.4 is 10.6 Å². The first-order chi connectivity index (χ1) is 8.22. The zero-order valence-corrected chi connectivity index (χ0v) is 8.99. The van der Waals surface area contributed by atoms with E-state index in [1.807, 2.05) is 0 Å². The van der Waals surface area contributed by atoms with Crippen LogP contribution in [-0.2, 0) is 0 Å². The summed E-state index contributed by atoms with van der Waals surface area (Å²) >= 11 is 0. The van der Waals surface area contributed by atoms with Gasteiger partial charge in [0.05, 0.1) is 17.4 Å². The number of rotatable bonds is 3. The van der Waals surface area contributed by atoms with E-state index in [0.717, 1.165) is 0 Å². The summed E-state index contributed by atoms with van der Waals surface area (Å²) in [6, 6.07) is 1.31. The van der Waals surface area contributed by atoms with Gasteiger partial charge >= 0.3 is 0 Å². The zero-order valence-electron chi connectivity index (χ0n) is 8.99. The van der Waals surface area contributed by atoms with Crippen LogP contribution in [0.1, 0.15) is 10.4 Å². The van der Waals surface area contributed by atoms with Crippen LogP contribution in [0.25, 0.3) is 0 Å². The van der Waals surface area contributed by atoms with Crippen molar-refractivity contribution in [3.05, 3.63) is 36.0 Å². The summed E-state index contributed by atoms with van der Waals surface area (Å²) in [6.45, 7) is 0. The monoisotopic (exact) mass is 235 g/mol. The molecule has 0 radical (unpaired) electrons. The minimum Gasteiger partial charge on any atom is -0.371 e. The summed E-state index contributed by atoms with van der Waals surface area (Å²) in [7, 11) is 1.53. The minimum atomic E-state index is -0.684. The van der Waals surface area contributed by atoms with Crippen molar-refractivity contribution in [3.63, 3.8) is 0 Å². The number of carbonyl (C=O) groups excluding carboxylic acids is 1. The number of H-pyrrole nitrogens is 1. The number of hydrogen-bond acceptors (Lipinski definition) is 4. The van der Waals surface area contributed by atoms with Gasteiger partial charge in [-0.15, -0.1) is 0 Å². The van der Waals surface area contributed by atoms with Gasteiger partial charge in [0.25, 0.3) is 5.91 Å². The maximum atomic E-state index is 13.7. The molecule has 0 atom stereocenters. The van der Waals surface area contributed by atoms with Crippen LogP contribution in [0.2, 0.25) is 0 Å². The number of amides is 1. The highest BCUT2D eigenvalue weighted by Gasteiger charge is 2.15. The van der Waals surface area contributed by atoms with Crippen LogP contribution in [0.5, 0.6) is 0 Å². The lowest BCUT2D eigenvalue weighted by Gasteiger charge is -2.06. The van der Waals surface area contributed by atoms with Crippen molar-refractivity contribution in [1.82, 2.24) is 15.2 Å². The average Bonchev–Trinajstić information content (AvgIpc) is 2.82. The molecule has 6 nitrogen and oxygen atoms in total. The molecule has 3 N–H and O–H groups in total. The molecule has 0 unspecified atom stereocenters. The highest BCUT2D eigenvalue weighted by Crippen LogP contribution is 2.15. The first-order valence-electron chi connectivity index (χ1n) is 4.84. The summed E-state index contributed by atoms with van der Waals surface area (Å²) in [5.41, 5.74) is 0.391. The Bertz CT molecular complexity index is 525. The van der Waals surface area contributed by atoms with Crippen molar-refractivity contribution >= 4 is 17.4 Å². The number of anilines is 2. The summed E-state index contributed by atoms with van der Waals surface area (Å²) in [5, 5.41) is 11.3. The van der Waals surface area contributed by atoms with Gasteiger partial charge in [0.15, 0.2) is 11.6 Å². The maximum Gasteiger partial charge on any atom is 0.258 e. The Balaban J connectivity index is 2.25. The summed E-state index contributed by atoms with van der Waals surface area (Å²) in [6.07, 6.45) is 4.28. The van der Waals surface area contributed by atoms with Gasteiger partial charge in [0.2, 0.25) is 0 Å². The van der Waals surface area contributed by atoms with Gasteiger partial charge in [0.1, 0.15) is 0 Å². The van der Waals surface area contributed by atoms with Crippen molar-refractivity contribution in [2.45, 2.75) is 0 Å². The van der Waals surface area contributed by atoms with Crippen molar-refractivity contribution in [2.75, 3.05) is 17.7 Å². The van der Waals surface area contributed by atoms with Crippen LogP contribution in [0.4, 0.5) is 15.9 Å². The number of aromatic amines is 1. The second-order valence-electron chi connectivity index (χ2n) is 3.21. The van der Waals surface area contributed by atoms with Crippen molar-refractivity contribution in [1.29, 1.82) is 0 Å². The van der Waals surface area contributed by atoms with Gasteiger partial charge in [-0.05, 0) is 6.07 Å². The Morgan fingerprint density at radius 2 is 2.35 bits per heavy atom. The minimum absolute atomic E-state index is 0.0323. The molecule has 0 aliphatic rings. The molecule has 0 saturated heterocycles. The lowest BCUT2D eigenvalue weighted by Crippen LogP contribution is -2.14. The number of aromatic nitrogens is 3. The Labute approximate surface area is 96.3 Å². The van der Waals surface area contributed by atoms with Gasteiger partial charge in [-0.3, -0.25) is 9.89 Å². The lowest BCUT2D eigenvalue weighted by atomic mass is 10.2. The number of halogens is 1. The molecule has 2 aromatic rings. The molecule has 0 bridgehead atoms. The normalized spacial score (nSPS) is 10.0. The Morgan fingerprint density at radius 1 is 1.53 bits per heavy atom. The maximum absolute atomic E-state index is 13.7. The van der Waals surface area contributed by atoms with E-state index >= 15 is 0 Å². The smallest absolute Gasteiger partial charge is 0.258 e. The quantitative estimate of drug-likeness (QED) is 0.747. The first-order valence-corrected chi connectivity index (χ1v) is 4.84. The Kier molecular flexibility index (Phi) is 2.99. The molecule has 0 aliphatic carbocycles. The van der Waals surface area contributed by atoms with E-state index in [0.29, 0.717) is 5.69 Å². The van der Waals surface area contributed by atoms with E-state index in [2.05, 4.69) is 25.8 Å². The second kappa shape index (κ2) is 4.60. The van der Waals surface area contributed by atoms with Gasteiger partial charge in [-0.1, -0.05) is 0 Å². The number of nitrogens with zero attached hydrogens (tertiary/aromatic N) is 2. The fraction of sp³-hybridized carbons (Fsp3) is 0.100. The highest BCUT2D eigenvalue weighted by molar-refractivity contribution is 6.04. The van der Waals surface area contributed by atoms with E-state index in [9.17, 15) is 9.18 Å². The van der Waals surface area contributed by atoms with E-state index in [1.165, 1.54) is 31.7 Å². The van der Waals surface area contributed by atoms with E-state index in [4.69, 9.17) is 0 Å². The van der Waals surface area contributed by atoms with Crippen LogP contribution in [-0.4, -0.2) is 28.1 Å². The molecular formula is C10H10FN5O. The van der Waals surface area contributed by atoms with Crippen LogP contribution in [0, 0.1) is 5.82 Å². The number of carbonyl (C=O) groups is 1. The largest absolute Gasteiger partial charge is 0.371 e. The second-order valence-corrected chi connectivity index (χ2v) is 3.21. The fourth-order valence-corrected chi connectivity index (χ4v) is 1.31. The lowest BCUT2D eigenvalue weighted by molar-refractivity contribution is 0.102. The Morgan fingerprint density at radius 3 is 3.00 bits per heavy atom. The van der Waals surface area contributed by atoms with Gasteiger partial charge in [-0.2, -0.15) is 5.10 Å². The molecule has 0 saturated carbocycles. The SMILES string of the molecule is CNc1nccc(C(=O)Nc2cn[nH]c2)c1F. The summed E-state index contributed by atoms with van der Waals surface area (Å²) in [4.78, 5) is 15.5. The molecule has 7 heteroatoms. The average molecular weight is 235 g/mol. The standard InChI is InChI=1S/C10H10FN5O/c1-12-9-8(11)7(2-3-13-9)10(17)16-6-4-14-15-5-6/h2-5H,1H3,(H,12,13)(H,14,15)(H,16,17). The molecule has 88 valence electrons. The highest BCUT2D eigenvalue weighted by atomic mass is 19.1.